The van der Waals surface area contributed by atoms with Gasteiger partial charge in [0.15, 0.2) is 5.82 Å². The zero-order chi connectivity index (χ0) is 14.5. The molecule has 0 saturated heterocycles. The molecule has 0 bridgehead atoms. The molecule has 0 fully saturated rings. The molecule has 20 heavy (non-hydrogen) atoms. The monoisotopic (exact) mass is 280 g/mol. The molecule has 0 spiro atoms. The Balaban J connectivity index is 1.73. The zero-order valence-corrected chi connectivity index (χ0v) is 12.0. The fourth-order valence-electron chi connectivity index (χ4n) is 1.76. The minimum atomic E-state index is -0.325. The minimum Gasteiger partial charge on any atom is -0.390 e. The van der Waals surface area contributed by atoms with Gasteiger partial charge < -0.3 is 10.2 Å². The fraction of sp³-hybridized carbons (Fsp3) is 0.667. The summed E-state index contributed by atoms with van der Waals surface area (Å²) in [6.45, 7) is 6.42. The highest BCUT2D eigenvalue weighted by molar-refractivity contribution is 5.88. The average molecular weight is 280 g/mol. The van der Waals surface area contributed by atoms with Crippen molar-refractivity contribution in [2.24, 2.45) is 5.16 Å². The van der Waals surface area contributed by atoms with Crippen LogP contribution in [0.4, 0.5) is 10.6 Å². The van der Waals surface area contributed by atoms with E-state index in [9.17, 15) is 4.79 Å². The maximum absolute atomic E-state index is 11.7. The van der Waals surface area contributed by atoms with Crippen LogP contribution in [0, 0.1) is 0 Å². The second-order valence-electron chi connectivity index (χ2n) is 4.96. The van der Waals surface area contributed by atoms with Crippen LogP contribution in [0.25, 0.3) is 0 Å². The largest absolute Gasteiger partial charge is 0.390 e. The number of oxime groups is 1. The predicted molar refractivity (Wildman–Crippen MR) is 74.6 cm³/mol. The number of carbonyl (C=O) groups is 1. The zero-order valence-electron chi connectivity index (χ0n) is 12.0. The number of anilines is 1. The molecule has 0 radical (unpaired) electrons. The molecule has 1 aliphatic rings. The molecule has 110 valence electrons. The molecule has 8 heteroatoms. The van der Waals surface area contributed by atoms with Crippen LogP contribution in [0.1, 0.15) is 39.7 Å². The summed E-state index contributed by atoms with van der Waals surface area (Å²) in [5.41, 5.74) is 1.03. The number of aromatic nitrogens is 3. The Morgan fingerprint density at radius 3 is 3.00 bits per heavy atom. The molecule has 0 aromatic carbocycles. The third-order valence-electron chi connectivity index (χ3n) is 2.97. The maximum Gasteiger partial charge on any atom is 0.320 e. The molecular formula is C12H20N6O2. The van der Waals surface area contributed by atoms with Gasteiger partial charge in [0.05, 0.1) is 18.5 Å². The molecular weight excluding hydrogens is 260 g/mol. The second kappa shape index (κ2) is 6.36. The van der Waals surface area contributed by atoms with Crippen molar-refractivity contribution >= 4 is 17.6 Å². The lowest BCUT2D eigenvalue weighted by Gasteiger charge is -2.09. The first-order valence-electron chi connectivity index (χ1n) is 6.76. The summed E-state index contributed by atoms with van der Waals surface area (Å²) in [6, 6.07) is -0.119. The van der Waals surface area contributed by atoms with Crippen molar-refractivity contribution in [3.05, 3.63) is 6.20 Å². The van der Waals surface area contributed by atoms with Gasteiger partial charge in [-0.15, -0.1) is 5.10 Å². The Hall–Kier alpha value is -2.12. The molecule has 2 N–H and O–H groups in total. The van der Waals surface area contributed by atoms with Crippen LogP contribution in [-0.4, -0.2) is 39.4 Å². The Bertz CT molecular complexity index is 496. The highest BCUT2D eigenvalue weighted by Crippen LogP contribution is 2.11. The SMILES string of the molecule is CCC1=NOC(CNC(=O)Nc2cn(C(C)C)nn2)C1. The van der Waals surface area contributed by atoms with Gasteiger partial charge in [0, 0.05) is 12.5 Å². The molecule has 2 rings (SSSR count). The first kappa shape index (κ1) is 14.3. The Morgan fingerprint density at radius 1 is 1.60 bits per heavy atom. The summed E-state index contributed by atoms with van der Waals surface area (Å²) in [5.74, 6) is 0.425. The summed E-state index contributed by atoms with van der Waals surface area (Å²) in [4.78, 5) is 16.9. The lowest BCUT2D eigenvalue weighted by Crippen LogP contribution is -2.35. The highest BCUT2D eigenvalue weighted by atomic mass is 16.6. The topological polar surface area (TPSA) is 93.4 Å². The van der Waals surface area contributed by atoms with Crippen LogP contribution in [0.15, 0.2) is 11.4 Å². The van der Waals surface area contributed by atoms with E-state index >= 15 is 0 Å². The summed E-state index contributed by atoms with van der Waals surface area (Å²) < 4.78 is 1.68. The second-order valence-corrected chi connectivity index (χ2v) is 4.96. The van der Waals surface area contributed by atoms with Crippen molar-refractivity contribution in [2.75, 3.05) is 11.9 Å². The number of urea groups is 1. The molecule has 1 aliphatic heterocycles. The van der Waals surface area contributed by atoms with Gasteiger partial charge in [-0.3, -0.25) is 5.32 Å². The van der Waals surface area contributed by atoms with Crippen LogP contribution in [0.3, 0.4) is 0 Å². The molecule has 1 aromatic heterocycles. The molecule has 0 saturated carbocycles. The van der Waals surface area contributed by atoms with Crippen molar-refractivity contribution in [3.63, 3.8) is 0 Å². The molecule has 1 atom stereocenters. The van der Waals surface area contributed by atoms with Gasteiger partial charge in [-0.1, -0.05) is 17.3 Å². The van der Waals surface area contributed by atoms with E-state index in [-0.39, 0.29) is 18.2 Å². The van der Waals surface area contributed by atoms with E-state index in [2.05, 4.69) is 26.1 Å². The Kier molecular flexibility index (Phi) is 4.54. The molecule has 1 aromatic rings. The smallest absolute Gasteiger partial charge is 0.320 e. The van der Waals surface area contributed by atoms with E-state index in [0.717, 1.165) is 18.6 Å². The number of nitrogens with zero attached hydrogens (tertiary/aromatic N) is 4. The first-order chi connectivity index (χ1) is 9.58. The van der Waals surface area contributed by atoms with E-state index in [0.29, 0.717) is 12.4 Å². The van der Waals surface area contributed by atoms with Crippen molar-refractivity contribution in [1.82, 2.24) is 20.3 Å². The van der Waals surface area contributed by atoms with Gasteiger partial charge in [0.2, 0.25) is 0 Å². The first-order valence-corrected chi connectivity index (χ1v) is 6.76. The van der Waals surface area contributed by atoms with Gasteiger partial charge in [0.25, 0.3) is 0 Å². The van der Waals surface area contributed by atoms with Gasteiger partial charge in [0.1, 0.15) is 6.10 Å². The minimum absolute atomic E-state index is 0.0814. The molecule has 2 heterocycles. The Morgan fingerprint density at radius 2 is 2.40 bits per heavy atom. The summed E-state index contributed by atoms with van der Waals surface area (Å²) in [7, 11) is 0. The Labute approximate surface area is 117 Å². The fourth-order valence-corrected chi connectivity index (χ4v) is 1.76. The van der Waals surface area contributed by atoms with Crippen LogP contribution >= 0.6 is 0 Å². The molecule has 0 aliphatic carbocycles. The van der Waals surface area contributed by atoms with Crippen LogP contribution < -0.4 is 10.6 Å². The maximum atomic E-state index is 11.7. The van der Waals surface area contributed by atoms with Crippen molar-refractivity contribution in [3.8, 4) is 0 Å². The van der Waals surface area contributed by atoms with Gasteiger partial charge in [-0.25, -0.2) is 9.48 Å². The molecule has 8 nitrogen and oxygen atoms in total. The quantitative estimate of drug-likeness (QED) is 0.855. The van der Waals surface area contributed by atoms with Gasteiger partial charge >= 0.3 is 6.03 Å². The number of carbonyl (C=O) groups excluding carboxylic acids is 1. The van der Waals surface area contributed by atoms with Crippen LogP contribution in [0.2, 0.25) is 0 Å². The number of hydrogen-bond donors (Lipinski definition) is 2. The third-order valence-corrected chi connectivity index (χ3v) is 2.97. The number of amides is 2. The van der Waals surface area contributed by atoms with Gasteiger partial charge in [-0.2, -0.15) is 0 Å². The van der Waals surface area contributed by atoms with Crippen molar-refractivity contribution in [2.45, 2.75) is 45.8 Å². The third kappa shape index (κ3) is 3.69. The van der Waals surface area contributed by atoms with E-state index in [1.54, 1.807) is 10.9 Å². The lowest BCUT2D eigenvalue weighted by molar-refractivity contribution is 0.0869. The summed E-state index contributed by atoms with van der Waals surface area (Å²) in [6.07, 6.45) is 3.25. The summed E-state index contributed by atoms with van der Waals surface area (Å²) >= 11 is 0. The van der Waals surface area contributed by atoms with E-state index < -0.39 is 0 Å². The van der Waals surface area contributed by atoms with Crippen molar-refractivity contribution < 1.29 is 9.63 Å². The normalized spacial score (nSPS) is 17.8. The summed E-state index contributed by atoms with van der Waals surface area (Å²) in [5, 5.41) is 17.1. The van der Waals surface area contributed by atoms with Crippen LogP contribution in [-0.2, 0) is 4.84 Å². The van der Waals surface area contributed by atoms with Crippen LogP contribution in [0.5, 0.6) is 0 Å². The van der Waals surface area contributed by atoms with E-state index in [1.165, 1.54) is 0 Å². The van der Waals surface area contributed by atoms with E-state index in [4.69, 9.17) is 4.84 Å². The highest BCUT2D eigenvalue weighted by Gasteiger charge is 2.20. The number of rotatable bonds is 5. The van der Waals surface area contributed by atoms with Crippen molar-refractivity contribution in [1.29, 1.82) is 0 Å². The molecule has 1 unspecified atom stereocenters. The van der Waals surface area contributed by atoms with E-state index in [1.807, 2.05) is 20.8 Å². The lowest BCUT2D eigenvalue weighted by atomic mass is 10.1. The molecule has 2 amide bonds. The number of hydrogen-bond acceptors (Lipinski definition) is 5. The average Bonchev–Trinajstić information content (AvgIpc) is 3.04. The van der Waals surface area contributed by atoms with Gasteiger partial charge in [-0.05, 0) is 20.3 Å². The predicted octanol–water partition coefficient (Wildman–Crippen LogP) is 1.54. The standard InChI is InChI=1S/C12H20N6O2/c1-4-9-5-10(20-16-9)6-13-12(19)14-11-7-18(8(2)3)17-15-11/h7-8,10H,4-6H2,1-3H3,(H2,13,14,19). The number of nitrogens with one attached hydrogen (secondary N) is 2.